The zero-order valence-electron chi connectivity index (χ0n) is 10.1. The molecule has 0 saturated carbocycles. The fourth-order valence-corrected chi connectivity index (χ4v) is 1.79. The van der Waals surface area contributed by atoms with Crippen molar-refractivity contribution in [1.82, 2.24) is 9.47 Å². The fraction of sp³-hybridized carbons (Fsp3) is 0.231. The summed E-state index contributed by atoms with van der Waals surface area (Å²) >= 11 is 0. The summed E-state index contributed by atoms with van der Waals surface area (Å²) in [4.78, 5) is 25.5. The minimum Gasteiger partial charge on any atom is -0.343 e. The molecule has 0 spiro atoms. The van der Waals surface area contributed by atoms with Crippen LogP contribution in [0.15, 0.2) is 35.1 Å². The molecule has 1 amide bonds. The highest BCUT2D eigenvalue weighted by atomic mass is 16.2. The highest BCUT2D eigenvalue weighted by Crippen LogP contribution is 2.12. The zero-order valence-corrected chi connectivity index (χ0v) is 10.1. The largest absolute Gasteiger partial charge is 0.343 e. The average Bonchev–Trinajstić information content (AvgIpc) is 2.33. The molecule has 0 aliphatic carbocycles. The lowest BCUT2D eigenvalue weighted by atomic mass is 10.1. The Morgan fingerprint density at radius 3 is 2.53 bits per heavy atom. The molecule has 0 unspecified atom stereocenters. The van der Waals surface area contributed by atoms with E-state index in [-0.39, 0.29) is 11.5 Å². The van der Waals surface area contributed by atoms with Crippen LogP contribution in [0.5, 0.6) is 0 Å². The molecule has 1 aromatic heterocycles. The maximum atomic E-state index is 12.1. The minimum absolute atomic E-state index is 0.145. The Kier molecular flexibility index (Phi) is 2.71. The normalized spacial score (nSPS) is 10.5. The number of carbonyl (C=O) groups excluding carboxylic acids is 1. The van der Waals surface area contributed by atoms with Crippen molar-refractivity contribution in [3.05, 3.63) is 46.4 Å². The Bertz CT molecular complexity index is 641. The van der Waals surface area contributed by atoms with Crippen LogP contribution >= 0.6 is 0 Å². The van der Waals surface area contributed by atoms with Gasteiger partial charge in [-0.15, -0.1) is 0 Å². The Labute approximate surface area is 99.1 Å². The first-order chi connectivity index (χ1) is 8.02. The lowest BCUT2D eigenvalue weighted by Crippen LogP contribution is -2.30. The molecular formula is C13H14N2O2. The van der Waals surface area contributed by atoms with E-state index in [1.165, 1.54) is 9.47 Å². The Morgan fingerprint density at radius 2 is 1.88 bits per heavy atom. The summed E-state index contributed by atoms with van der Waals surface area (Å²) in [5.74, 6) is -0.171. The van der Waals surface area contributed by atoms with Crippen LogP contribution in [-0.2, 0) is 7.05 Å². The van der Waals surface area contributed by atoms with Gasteiger partial charge in [0.1, 0.15) is 5.69 Å². The van der Waals surface area contributed by atoms with Crippen LogP contribution in [0, 0.1) is 0 Å². The molecule has 0 fully saturated rings. The molecule has 0 bridgehead atoms. The molecule has 17 heavy (non-hydrogen) atoms. The molecule has 0 saturated heterocycles. The van der Waals surface area contributed by atoms with E-state index >= 15 is 0 Å². The van der Waals surface area contributed by atoms with Crippen LogP contribution in [0.2, 0.25) is 0 Å². The molecule has 0 N–H and O–H groups in total. The average molecular weight is 230 g/mol. The van der Waals surface area contributed by atoms with E-state index in [1.807, 2.05) is 18.2 Å². The van der Waals surface area contributed by atoms with Crippen molar-refractivity contribution in [2.75, 3.05) is 14.1 Å². The molecule has 4 heteroatoms. The number of carbonyl (C=O) groups is 1. The molecule has 4 nitrogen and oxygen atoms in total. The number of nitrogens with zero attached hydrogens (tertiary/aromatic N) is 2. The van der Waals surface area contributed by atoms with Gasteiger partial charge in [-0.2, -0.15) is 0 Å². The maximum Gasteiger partial charge on any atom is 0.270 e. The first-order valence-electron chi connectivity index (χ1n) is 5.33. The van der Waals surface area contributed by atoms with Crippen molar-refractivity contribution < 1.29 is 4.79 Å². The number of benzene rings is 1. The standard InChI is InChI=1S/C13H14N2O2/c1-14(2)13(17)11-8-9-6-4-5-7-10(9)12(16)15(11)3/h4-8H,1-3H3. The van der Waals surface area contributed by atoms with E-state index in [0.717, 1.165) is 5.39 Å². The van der Waals surface area contributed by atoms with E-state index in [4.69, 9.17) is 0 Å². The van der Waals surface area contributed by atoms with Crippen LogP contribution < -0.4 is 5.56 Å². The van der Waals surface area contributed by atoms with Gasteiger partial charge in [-0.25, -0.2) is 0 Å². The SMILES string of the molecule is CN(C)C(=O)c1cc2ccccc2c(=O)n1C. The van der Waals surface area contributed by atoms with Crippen LogP contribution in [0.1, 0.15) is 10.5 Å². The van der Waals surface area contributed by atoms with Gasteiger partial charge in [-0.3, -0.25) is 9.59 Å². The molecule has 1 aromatic carbocycles. The molecule has 0 aliphatic rings. The molecular weight excluding hydrogens is 216 g/mol. The summed E-state index contributed by atoms with van der Waals surface area (Å²) in [6.07, 6.45) is 0. The van der Waals surface area contributed by atoms with Crippen molar-refractivity contribution in [3.63, 3.8) is 0 Å². The number of pyridine rings is 1. The van der Waals surface area contributed by atoms with Gasteiger partial charge in [-0.05, 0) is 17.5 Å². The molecule has 0 radical (unpaired) electrons. The fourth-order valence-electron chi connectivity index (χ4n) is 1.79. The van der Waals surface area contributed by atoms with Crippen LogP contribution in [0.25, 0.3) is 10.8 Å². The van der Waals surface area contributed by atoms with Crippen molar-refractivity contribution in [2.45, 2.75) is 0 Å². The van der Waals surface area contributed by atoms with Gasteiger partial charge >= 0.3 is 0 Å². The summed E-state index contributed by atoms with van der Waals surface area (Å²) in [6.45, 7) is 0. The third-order valence-corrected chi connectivity index (χ3v) is 2.77. The van der Waals surface area contributed by atoms with Crippen molar-refractivity contribution in [1.29, 1.82) is 0 Å². The lowest BCUT2D eigenvalue weighted by Gasteiger charge is -2.14. The van der Waals surface area contributed by atoms with Crippen LogP contribution in [-0.4, -0.2) is 29.5 Å². The predicted octanol–water partition coefficient (Wildman–Crippen LogP) is 1.24. The molecule has 2 aromatic rings. The predicted molar refractivity (Wildman–Crippen MR) is 67.2 cm³/mol. The van der Waals surface area contributed by atoms with E-state index < -0.39 is 0 Å². The number of fused-ring (bicyclic) bond motifs is 1. The van der Waals surface area contributed by atoms with Gasteiger partial charge in [0.15, 0.2) is 0 Å². The Balaban J connectivity index is 2.79. The molecule has 2 rings (SSSR count). The zero-order chi connectivity index (χ0) is 12.6. The topological polar surface area (TPSA) is 42.3 Å². The van der Waals surface area contributed by atoms with Gasteiger partial charge in [0, 0.05) is 26.5 Å². The van der Waals surface area contributed by atoms with Gasteiger partial charge in [0.05, 0.1) is 0 Å². The number of rotatable bonds is 1. The summed E-state index contributed by atoms with van der Waals surface area (Å²) in [6, 6.07) is 9.02. The number of hydrogen-bond acceptors (Lipinski definition) is 2. The van der Waals surface area contributed by atoms with Crippen LogP contribution in [0.4, 0.5) is 0 Å². The van der Waals surface area contributed by atoms with Crippen molar-refractivity contribution in [2.24, 2.45) is 7.05 Å². The molecule has 0 atom stereocenters. The van der Waals surface area contributed by atoms with Gasteiger partial charge in [-0.1, -0.05) is 18.2 Å². The number of hydrogen-bond donors (Lipinski definition) is 0. The second-order valence-corrected chi connectivity index (χ2v) is 4.18. The Hall–Kier alpha value is -2.10. The van der Waals surface area contributed by atoms with E-state index in [1.54, 1.807) is 33.3 Å². The quantitative estimate of drug-likeness (QED) is 0.739. The monoisotopic (exact) mass is 230 g/mol. The second-order valence-electron chi connectivity index (χ2n) is 4.18. The first kappa shape index (κ1) is 11.4. The summed E-state index contributed by atoms with van der Waals surface area (Å²) in [5.41, 5.74) is 0.256. The smallest absolute Gasteiger partial charge is 0.270 e. The summed E-state index contributed by atoms with van der Waals surface area (Å²) < 4.78 is 1.39. The third-order valence-electron chi connectivity index (χ3n) is 2.77. The number of aromatic nitrogens is 1. The third kappa shape index (κ3) is 1.82. The maximum absolute atomic E-state index is 12.1. The van der Waals surface area contributed by atoms with E-state index in [9.17, 15) is 9.59 Å². The first-order valence-corrected chi connectivity index (χ1v) is 5.33. The van der Waals surface area contributed by atoms with Gasteiger partial charge < -0.3 is 9.47 Å². The van der Waals surface area contributed by atoms with E-state index in [0.29, 0.717) is 11.1 Å². The van der Waals surface area contributed by atoms with Gasteiger partial charge in [0.2, 0.25) is 0 Å². The molecule has 0 aliphatic heterocycles. The van der Waals surface area contributed by atoms with Crippen molar-refractivity contribution in [3.8, 4) is 0 Å². The van der Waals surface area contributed by atoms with Crippen molar-refractivity contribution >= 4 is 16.7 Å². The minimum atomic E-state index is -0.171. The molecule has 1 heterocycles. The lowest BCUT2D eigenvalue weighted by molar-refractivity contribution is 0.0817. The Morgan fingerprint density at radius 1 is 1.24 bits per heavy atom. The highest BCUT2D eigenvalue weighted by Gasteiger charge is 2.14. The second kappa shape index (κ2) is 4.05. The number of amides is 1. The van der Waals surface area contributed by atoms with Crippen LogP contribution in [0.3, 0.4) is 0 Å². The summed E-state index contributed by atoms with van der Waals surface area (Å²) in [7, 11) is 4.95. The van der Waals surface area contributed by atoms with Gasteiger partial charge in [0.25, 0.3) is 11.5 Å². The highest BCUT2D eigenvalue weighted by molar-refractivity contribution is 5.96. The summed E-state index contributed by atoms with van der Waals surface area (Å²) in [5, 5.41) is 1.42. The van der Waals surface area contributed by atoms with E-state index in [2.05, 4.69) is 0 Å². The molecule has 88 valence electrons.